The van der Waals surface area contributed by atoms with E-state index in [0.717, 1.165) is 45.8 Å². The minimum atomic E-state index is -0.263. The molecule has 26 heavy (non-hydrogen) atoms. The number of fused-ring (bicyclic) bond motifs is 2. The molecule has 2 heterocycles. The van der Waals surface area contributed by atoms with Crippen molar-refractivity contribution >= 4 is 16.6 Å². The summed E-state index contributed by atoms with van der Waals surface area (Å²) in [5.74, 6) is 0.984. The number of pyridine rings is 1. The van der Waals surface area contributed by atoms with Crippen LogP contribution in [0.5, 0.6) is 0 Å². The maximum atomic E-state index is 14.8. The van der Waals surface area contributed by atoms with Crippen LogP contribution in [0, 0.1) is 12.7 Å². The highest BCUT2D eigenvalue weighted by Crippen LogP contribution is 2.35. The van der Waals surface area contributed by atoms with Crippen LogP contribution in [0.25, 0.3) is 16.6 Å². The number of allylic oxidation sites excluding steroid dienone is 1. The van der Waals surface area contributed by atoms with Gasteiger partial charge in [-0.25, -0.2) is 9.37 Å². The van der Waals surface area contributed by atoms with E-state index in [4.69, 9.17) is 4.98 Å². The molecule has 0 aliphatic heterocycles. The van der Waals surface area contributed by atoms with Gasteiger partial charge in [-0.2, -0.15) is 0 Å². The number of hydrogen-bond acceptors (Lipinski definition) is 2. The number of nitrogens with zero attached hydrogens (tertiary/aromatic N) is 3. The Kier molecular flexibility index (Phi) is 3.94. The molecule has 1 aromatic carbocycles. The second-order valence-corrected chi connectivity index (χ2v) is 7.66. The van der Waals surface area contributed by atoms with Gasteiger partial charge in [0.05, 0.1) is 11.2 Å². The number of aromatic nitrogens is 3. The van der Waals surface area contributed by atoms with E-state index in [1.165, 1.54) is 0 Å². The summed E-state index contributed by atoms with van der Waals surface area (Å²) in [6.45, 7) is 10.4. The smallest absolute Gasteiger partial charge is 0.151 e. The highest BCUT2D eigenvalue weighted by Gasteiger charge is 2.21. The Hall–Kier alpha value is -2.49. The highest BCUT2D eigenvalue weighted by molar-refractivity contribution is 5.89. The molecule has 1 aliphatic carbocycles. The molecule has 0 radical (unpaired) electrons. The van der Waals surface area contributed by atoms with Crippen LogP contribution < -0.4 is 0 Å². The topological polar surface area (TPSA) is 30.7 Å². The van der Waals surface area contributed by atoms with E-state index >= 15 is 0 Å². The molecule has 0 amide bonds. The van der Waals surface area contributed by atoms with E-state index in [2.05, 4.69) is 61.5 Å². The summed E-state index contributed by atoms with van der Waals surface area (Å²) >= 11 is 0. The molecule has 0 fully saturated rings. The van der Waals surface area contributed by atoms with Crippen LogP contribution in [0.15, 0.2) is 30.3 Å². The third-order valence-corrected chi connectivity index (χ3v) is 5.13. The lowest BCUT2D eigenvalue weighted by molar-refractivity contribution is 0.600. The van der Waals surface area contributed by atoms with Crippen molar-refractivity contribution in [3.63, 3.8) is 0 Å². The van der Waals surface area contributed by atoms with Crippen LogP contribution in [0.1, 0.15) is 68.0 Å². The number of halogens is 1. The van der Waals surface area contributed by atoms with Crippen molar-refractivity contribution in [3.8, 4) is 0 Å². The maximum absolute atomic E-state index is 14.8. The predicted octanol–water partition coefficient (Wildman–Crippen LogP) is 5.57. The summed E-state index contributed by atoms with van der Waals surface area (Å²) in [7, 11) is 0. The third-order valence-electron chi connectivity index (χ3n) is 5.13. The van der Waals surface area contributed by atoms with Crippen LogP contribution in [0.2, 0.25) is 0 Å². The van der Waals surface area contributed by atoms with E-state index < -0.39 is 0 Å². The molecule has 3 aromatic rings. The van der Waals surface area contributed by atoms with Gasteiger partial charge in [0.1, 0.15) is 11.3 Å². The Bertz CT molecular complexity index is 1040. The molecular weight excluding hydrogens is 325 g/mol. The summed E-state index contributed by atoms with van der Waals surface area (Å²) in [6.07, 6.45) is 2.96. The van der Waals surface area contributed by atoms with Gasteiger partial charge in [0.25, 0.3) is 0 Å². The predicted molar refractivity (Wildman–Crippen MR) is 104 cm³/mol. The van der Waals surface area contributed by atoms with Gasteiger partial charge in [-0.15, -0.1) is 0 Å². The second-order valence-electron chi connectivity index (χ2n) is 7.66. The average Bonchev–Trinajstić information content (AvgIpc) is 3.14. The van der Waals surface area contributed by atoms with Crippen LogP contribution in [0.3, 0.4) is 0 Å². The fraction of sp³-hybridized carbons (Fsp3) is 0.364. The monoisotopic (exact) mass is 349 g/mol. The van der Waals surface area contributed by atoms with Crippen molar-refractivity contribution in [2.45, 2.75) is 53.0 Å². The number of imidazole rings is 1. The Balaban J connectivity index is 1.86. The van der Waals surface area contributed by atoms with Gasteiger partial charge < -0.3 is 4.57 Å². The minimum Gasteiger partial charge on any atom is -0.326 e. The van der Waals surface area contributed by atoms with Gasteiger partial charge in [0.15, 0.2) is 5.82 Å². The molecule has 0 N–H and O–H groups in total. The Morgan fingerprint density at radius 1 is 1.08 bits per heavy atom. The first kappa shape index (κ1) is 17.0. The van der Waals surface area contributed by atoms with Crippen molar-refractivity contribution in [1.29, 1.82) is 0 Å². The largest absolute Gasteiger partial charge is 0.326 e. The summed E-state index contributed by atoms with van der Waals surface area (Å²) in [4.78, 5) is 9.23. The lowest BCUT2D eigenvalue weighted by Crippen LogP contribution is -2.03. The summed E-state index contributed by atoms with van der Waals surface area (Å²) < 4.78 is 16.9. The van der Waals surface area contributed by atoms with Gasteiger partial charge in [-0.1, -0.05) is 26.0 Å². The molecule has 3 nitrogen and oxygen atoms in total. The van der Waals surface area contributed by atoms with E-state index in [1.807, 2.05) is 6.92 Å². The normalized spacial score (nSPS) is 13.8. The second kappa shape index (κ2) is 6.04. The first-order valence-corrected chi connectivity index (χ1v) is 9.25. The van der Waals surface area contributed by atoms with Crippen LogP contribution in [-0.4, -0.2) is 14.5 Å². The number of rotatable bonds is 3. The van der Waals surface area contributed by atoms with E-state index in [0.29, 0.717) is 11.4 Å². The molecule has 4 heteroatoms. The highest BCUT2D eigenvalue weighted by atomic mass is 19.1. The van der Waals surface area contributed by atoms with Crippen molar-refractivity contribution in [2.24, 2.45) is 0 Å². The fourth-order valence-electron chi connectivity index (χ4n) is 3.90. The average molecular weight is 349 g/mol. The maximum Gasteiger partial charge on any atom is 0.151 e. The van der Waals surface area contributed by atoms with Gasteiger partial charge in [0, 0.05) is 23.7 Å². The summed E-state index contributed by atoms with van der Waals surface area (Å²) in [5.41, 5.74) is 6.57. The van der Waals surface area contributed by atoms with Gasteiger partial charge in [-0.05, 0) is 56.0 Å². The molecule has 0 bridgehead atoms. The first-order chi connectivity index (χ1) is 12.4. The quantitative estimate of drug-likeness (QED) is 0.619. The van der Waals surface area contributed by atoms with E-state index in [1.54, 1.807) is 6.07 Å². The summed E-state index contributed by atoms with van der Waals surface area (Å²) in [5, 5.41) is 0. The molecule has 0 unspecified atom stereocenters. The van der Waals surface area contributed by atoms with Crippen molar-refractivity contribution in [2.75, 3.05) is 0 Å². The standard InChI is InChI=1S/C22H24FN3/c1-12(2)19-8-7-17-16(6-9-20(17)25-19)15-10-18(23)22-21(11-15)26(13(3)4)14(5)24-22/h6-8,10-13H,9H2,1-5H3. The zero-order valence-corrected chi connectivity index (χ0v) is 16.0. The molecule has 134 valence electrons. The van der Waals surface area contributed by atoms with Gasteiger partial charge in [-0.3, -0.25) is 4.98 Å². The summed E-state index contributed by atoms with van der Waals surface area (Å²) in [6, 6.07) is 8.12. The minimum absolute atomic E-state index is 0.231. The van der Waals surface area contributed by atoms with E-state index in [-0.39, 0.29) is 11.9 Å². The molecule has 0 atom stereocenters. The molecule has 1 aliphatic rings. The Morgan fingerprint density at radius 2 is 1.85 bits per heavy atom. The van der Waals surface area contributed by atoms with Gasteiger partial charge >= 0.3 is 0 Å². The lowest BCUT2D eigenvalue weighted by atomic mass is 9.99. The van der Waals surface area contributed by atoms with Crippen LogP contribution in [0.4, 0.5) is 4.39 Å². The van der Waals surface area contributed by atoms with Gasteiger partial charge in [0.2, 0.25) is 0 Å². The molecule has 0 spiro atoms. The van der Waals surface area contributed by atoms with Crippen molar-refractivity contribution in [3.05, 3.63) is 64.5 Å². The Morgan fingerprint density at radius 3 is 2.54 bits per heavy atom. The molecular formula is C22H24FN3. The van der Waals surface area contributed by atoms with E-state index in [9.17, 15) is 4.39 Å². The fourth-order valence-corrected chi connectivity index (χ4v) is 3.90. The Labute approximate surface area is 153 Å². The number of aryl methyl sites for hydroxylation is 1. The van der Waals surface area contributed by atoms with Crippen molar-refractivity contribution in [1.82, 2.24) is 14.5 Å². The first-order valence-electron chi connectivity index (χ1n) is 9.25. The molecule has 0 saturated carbocycles. The van der Waals surface area contributed by atoms with Crippen LogP contribution in [-0.2, 0) is 6.42 Å². The zero-order valence-electron chi connectivity index (χ0n) is 16.0. The van der Waals surface area contributed by atoms with Crippen molar-refractivity contribution < 1.29 is 4.39 Å². The number of hydrogen-bond donors (Lipinski definition) is 0. The molecule has 0 saturated heterocycles. The molecule has 4 rings (SSSR count). The lowest BCUT2D eigenvalue weighted by Gasteiger charge is -2.13. The zero-order chi connectivity index (χ0) is 18.6. The van der Waals surface area contributed by atoms with Crippen LogP contribution >= 0.6 is 0 Å². The number of benzene rings is 1. The SMILES string of the molecule is Cc1nc2c(F)cc(C3=CCc4nc(C(C)C)ccc43)cc2n1C(C)C. The molecule has 2 aromatic heterocycles. The third kappa shape index (κ3) is 2.56.